The number of rotatable bonds is 4. The van der Waals surface area contributed by atoms with Crippen LogP contribution < -0.4 is 5.32 Å². The fourth-order valence-electron chi connectivity index (χ4n) is 6.05. The third-order valence-electron chi connectivity index (χ3n) is 6.90. The summed E-state index contributed by atoms with van der Waals surface area (Å²) in [6, 6.07) is 8.82. The minimum absolute atomic E-state index is 0.155. The molecule has 2 nitrogen and oxygen atoms in total. The highest BCUT2D eigenvalue weighted by Crippen LogP contribution is 2.55. The number of carbonyl (C=O) groups is 1. The Morgan fingerprint density at radius 2 is 1.52 bits per heavy atom. The summed E-state index contributed by atoms with van der Waals surface area (Å²) < 4.78 is 0. The predicted molar refractivity (Wildman–Crippen MR) is 103 cm³/mol. The molecule has 0 spiro atoms. The molecule has 4 saturated carbocycles. The molecule has 4 bridgehead atoms. The van der Waals surface area contributed by atoms with Crippen molar-refractivity contribution in [3.8, 4) is 0 Å². The van der Waals surface area contributed by atoms with Crippen LogP contribution in [0.15, 0.2) is 24.3 Å². The average Bonchev–Trinajstić information content (AvgIpc) is 2.50. The number of nitrogens with one attached hydrogen (secondary N) is 1. The summed E-state index contributed by atoms with van der Waals surface area (Å²) in [4.78, 5) is 12.6. The maximum Gasteiger partial charge on any atom is 0.220 e. The second-order valence-corrected chi connectivity index (χ2v) is 10.2. The summed E-state index contributed by atoms with van der Waals surface area (Å²) >= 11 is 0. The van der Waals surface area contributed by atoms with Gasteiger partial charge in [-0.05, 0) is 79.2 Å². The highest BCUT2D eigenvalue weighted by atomic mass is 16.1. The molecule has 5 rings (SSSR count). The second kappa shape index (κ2) is 6.14. The van der Waals surface area contributed by atoms with Crippen LogP contribution in [0, 0.1) is 17.8 Å². The van der Waals surface area contributed by atoms with E-state index in [2.05, 4.69) is 50.4 Å². The molecule has 0 atom stereocenters. The smallest absolute Gasteiger partial charge is 0.220 e. The van der Waals surface area contributed by atoms with Crippen LogP contribution in [-0.4, -0.2) is 11.4 Å². The van der Waals surface area contributed by atoms with Crippen molar-refractivity contribution in [2.75, 3.05) is 0 Å². The van der Waals surface area contributed by atoms with Gasteiger partial charge in [0.1, 0.15) is 0 Å². The third-order valence-corrected chi connectivity index (χ3v) is 6.90. The van der Waals surface area contributed by atoms with E-state index in [0.717, 1.165) is 24.2 Å². The van der Waals surface area contributed by atoms with E-state index >= 15 is 0 Å². The Morgan fingerprint density at radius 1 is 1.00 bits per heavy atom. The Morgan fingerprint density at radius 3 is 2.00 bits per heavy atom. The number of aryl methyl sites for hydroxylation is 1. The molecule has 4 fully saturated rings. The Hall–Kier alpha value is -1.31. The van der Waals surface area contributed by atoms with Crippen LogP contribution in [0.2, 0.25) is 0 Å². The fourth-order valence-corrected chi connectivity index (χ4v) is 6.05. The van der Waals surface area contributed by atoms with E-state index < -0.39 is 0 Å². The summed E-state index contributed by atoms with van der Waals surface area (Å²) in [6.45, 7) is 6.71. The van der Waals surface area contributed by atoms with Gasteiger partial charge in [-0.25, -0.2) is 0 Å². The molecule has 1 N–H and O–H groups in total. The molecule has 25 heavy (non-hydrogen) atoms. The molecule has 0 radical (unpaired) electrons. The van der Waals surface area contributed by atoms with Crippen LogP contribution in [0.25, 0.3) is 0 Å². The zero-order valence-electron chi connectivity index (χ0n) is 16.1. The zero-order valence-corrected chi connectivity index (χ0v) is 16.1. The van der Waals surface area contributed by atoms with Gasteiger partial charge in [0.25, 0.3) is 0 Å². The van der Waals surface area contributed by atoms with E-state index in [1.165, 1.54) is 49.7 Å². The zero-order chi connectivity index (χ0) is 17.7. The first kappa shape index (κ1) is 17.1. The lowest BCUT2D eigenvalue weighted by Gasteiger charge is -2.56. The number of carbonyl (C=O) groups excluding carboxylic acids is 1. The minimum atomic E-state index is 0.155. The van der Waals surface area contributed by atoms with Gasteiger partial charge >= 0.3 is 0 Å². The van der Waals surface area contributed by atoms with E-state index in [-0.39, 0.29) is 16.9 Å². The van der Waals surface area contributed by atoms with Crippen LogP contribution in [0.3, 0.4) is 0 Å². The van der Waals surface area contributed by atoms with Crippen molar-refractivity contribution in [2.24, 2.45) is 17.8 Å². The number of hydrogen-bond acceptors (Lipinski definition) is 1. The van der Waals surface area contributed by atoms with Crippen molar-refractivity contribution in [2.45, 2.75) is 83.1 Å². The SMILES string of the molecule is CC(C)(C)c1ccc(CCC(=O)NC23CC4CC(CC(C4)C2)C3)cc1. The fraction of sp³-hybridized carbons (Fsp3) is 0.696. The Bertz CT molecular complexity index is 602. The highest BCUT2D eigenvalue weighted by molar-refractivity contribution is 5.77. The van der Waals surface area contributed by atoms with E-state index in [0.29, 0.717) is 6.42 Å². The topological polar surface area (TPSA) is 29.1 Å². The van der Waals surface area contributed by atoms with E-state index in [1.54, 1.807) is 0 Å². The molecule has 1 amide bonds. The van der Waals surface area contributed by atoms with Crippen molar-refractivity contribution in [1.29, 1.82) is 0 Å². The Labute approximate surface area is 152 Å². The van der Waals surface area contributed by atoms with Crippen LogP contribution in [0.5, 0.6) is 0 Å². The van der Waals surface area contributed by atoms with Gasteiger partial charge in [-0.3, -0.25) is 4.79 Å². The van der Waals surface area contributed by atoms with Crippen molar-refractivity contribution in [1.82, 2.24) is 5.32 Å². The molecule has 0 unspecified atom stereocenters. The van der Waals surface area contributed by atoms with Crippen LogP contribution in [-0.2, 0) is 16.6 Å². The molecular weight excluding hydrogens is 306 g/mol. The lowest BCUT2D eigenvalue weighted by molar-refractivity contribution is -0.126. The summed E-state index contributed by atoms with van der Waals surface area (Å²) in [7, 11) is 0. The van der Waals surface area contributed by atoms with Crippen LogP contribution in [0.1, 0.15) is 76.8 Å². The maximum absolute atomic E-state index is 12.6. The standard InChI is InChI=1S/C23H33NO/c1-22(2,3)20-7-4-16(5-8-20)6-9-21(25)24-23-13-17-10-18(14-23)12-19(11-17)15-23/h4-5,7-8,17-19H,6,9-15H2,1-3H3,(H,24,25). The lowest BCUT2D eigenvalue weighted by Crippen LogP contribution is -2.59. The number of amides is 1. The minimum Gasteiger partial charge on any atom is -0.351 e. The highest BCUT2D eigenvalue weighted by Gasteiger charge is 2.51. The summed E-state index contributed by atoms with van der Waals surface area (Å²) in [5, 5.41) is 3.49. The van der Waals surface area contributed by atoms with Crippen molar-refractivity contribution < 1.29 is 4.79 Å². The van der Waals surface area contributed by atoms with Gasteiger partial charge in [0.2, 0.25) is 5.91 Å². The monoisotopic (exact) mass is 339 g/mol. The first-order valence-corrected chi connectivity index (χ1v) is 10.2. The molecule has 136 valence electrons. The number of hydrogen-bond donors (Lipinski definition) is 1. The quantitative estimate of drug-likeness (QED) is 0.821. The molecule has 0 aliphatic heterocycles. The Balaban J connectivity index is 1.32. The van der Waals surface area contributed by atoms with Gasteiger partial charge in [-0.2, -0.15) is 0 Å². The van der Waals surface area contributed by atoms with Crippen LogP contribution >= 0.6 is 0 Å². The summed E-state index contributed by atoms with van der Waals surface area (Å²) in [5.41, 5.74) is 2.97. The van der Waals surface area contributed by atoms with Crippen molar-refractivity contribution >= 4 is 5.91 Å². The largest absolute Gasteiger partial charge is 0.351 e. The molecule has 4 aliphatic rings. The first-order chi connectivity index (χ1) is 11.8. The van der Waals surface area contributed by atoms with E-state index in [1.807, 2.05) is 0 Å². The van der Waals surface area contributed by atoms with E-state index in [9.17, 15) is 4.79 Å². The molecule has 0 heterocycles. The lowest BCUT2D eigenvalue weighted by atomic mass is 9.53. The van der Waals surface area contributed by atoms with Gasteiger partial charge < -0.3 is 5.32 Å². The van der Waals surface area contributed by atoms with Gasteiger partial charge in [-0.15, -0.1) is 0 Å². The predicted octanol–water partition coefficient (Wildman–Crippen LogP) is 5.00. The average molecular weight is 340 g/mol. The molecule has 4 aliphatic carbocycles. The maximum atomic E-state index is 12.6. The molecule has 1 aromatic carbocycles. The first-order valence-electron chi connectivity index (χ1n) is 10.2. The van der Waals surface area contributed by atoms with Gasteiger partial charge in [-0.1, -0.05) is 45.0 Å². The summed E-state index contributed by atoms with van der Waals surface area (Å²) in [6.07, 6.45) is 9.47. The number of benzene rings is 1. The van der Waals surface area contributed by atoms with Gasteiger partial charge in [0, 0.05) is 12.0 Å². The van der Waals surface area contributed by atoms with Crippen LogP contribution in [0.4, 0.5) is 0 Å². The third kappa shape index (κ3) is 3.64. The second-order valence-electron chi connectivity index (χ2n) is 10.2. The van der Waals surface area contributed by atoms with Gasteiger partial charge in [0.05, 0.1) is 0 Å². The molecule has 2 heteroatoms. The van der Waals surface area contributed by atoms with Crippen molar-refractivity contribution in [3.05, 3.63) is 35.4 Å². The molecule has 1 aromatic rings. The van der Waals surface area contributed by atoms with Crippen molar-refractivity contribution in [3.63, 3.8) is 0 Å². The molecular formula is C23H33NO. The van der Waals surface area contributed by atoms with Gasteiger partial charge in [0.15, 0.2) is 0 Å². The molecule has 0 aromatic heterocycles. The summed E-state index contributed by atoms with van der Waals surface area (Å²) in [5.74, 6) is 2.92. The van der Waals surface area contributed by atoms with E-state index in [4.69, 9.17) is 0 Å². The normalized spacial score (nSPS) is 33.5. The Kier molecular flexibility index (Phi) is 4.21. The molecule has 0 saturated heterocycles.